The van der Waals surface area contributed by atoms with Gasteiger partial charge < -0.3 is 4.90 Å². The molecule has 0 radical (unpaired) electrons. The second-order valence-electron chi connectivity index (χ2n) is 5.44. The maximum Gasteiger partial charge on any atom is 0.0662 e. The predicted octanol–water partition coefficient (Wildman–Crippen LogP) is 3.05. The summed E-state index contributed by atoms with van der Waals surface area (Å²) in [6, 6.07) is 2.46. The van der Waals surface area contributed by atoms with Gasteiger partial charge in [-0.05, 0) is 31.3 Å². The Morgan fingerprint density at radius 3 is 2.67 bits per heavy atom. The van der Waals surface area contributed by atoms with Crippen molar-refractivity contribution in [1.82, 2.24) is 4.90 Å². The van der Waals surface area contributed by atoms with Crippen LogP contribution in [-0.4, -0.2) is 24.5 Å². The first-order chi connectivity index (χ1) is 7.10. The van der Waals surface area contributed by atoms with Gasteiger partial charge >= 0.3 is 0 Å². The summed E-state index contributed by atoms with van der Waals surface area (Å²) in [6.07, 6.45) is 4.98. The molecule has 1 heterocycles. The van der Waals surface area contributed by atoms with Gasteiger partial charge in [-0.3, -0.25) is 0 Å². The Balaban J connectivity index is 2.38. The number of nitriles is 1. The molecule has 0 spiro atoms. The number of nitrogens with zero attached hydrogens (tertiary/aromatic N) is 2. The number of unbranched alkanes of at least 4 members (excludes halogenated alkanes) is 2. The highest BCUT2D eigenvalue weighted by atomic mass is 15.1. The second kappa shape index (κ2) is 5.51. The van der Waals surface area contributed by atoms with E-state index in [1.54, 1.807) is 0 Å². The Hall–Kier alpha value is -0.550. The summed E-state index contributed by atoms with van der Waals surface area (Å²) in [4.78, 5) is 2.53. The Morgan fingerprint density at radius 1 is 1.40 bits per heavy atom. The number of rotatable bonds is 4. The summed E-state index contributed by atoms with van der Waals surface area (Å²) in [5, 5.41) is 9.06. The smallest absolute Gasteiger partial charge is 0.0662 e. The van der Waals surface area contributed by atoms with Gasteiger partial charge in [-0.1, -0.05) is 33.6 Å². The summed E-state index contributed by atoms with van der Waals surface area (Å²) in [5.41, 5.74) is 0.180. The van der Waals surface area contributed by atoms with Crippen molar-refractivity contribution in [3.05, 3.63) is 0 Å². The van der Waals surface area contributed by atoms with Gasteiger partial charge in [-0.2, -0.15) is 5.26 Å². The van der Waals surface area contributed by atoms with E-state index in [1.165, 1.54) is 25.8 Å². The first-order valence-corrected chi connectivity index (χ1v) is 6.22. The fourth-order valence-electron chi connectivity index (χ4n) is 2.48. The van der Waals surface area contributed by atoms with Crippen LogP contribution in [0.5, 0.6) is 0 Å². The number of likely N-dealkylation sites (tertiary alicyclic amines) is 1. The van der Waals surface area contributed by atoms with Crippen molar-refractivity contribution < 1.29 is 0 Å². The average Bonchev–Trinajstić information content (AvgIpc) is 2.17. The zero-order chi connectivity index (χ0) is 11.3. The third kappa shape index (κ3) is 3.50. The molecular weight excluding hydrogens is 184 g/mol. The molecule has 1 atom stereocenters. The molecule has 0 amide bonds. The third-order valence-corrected chi connectivity index (χ3v) is 3.54. The minimum Gasteiger partial charge on any atom is -0.303 e. The molecule has 2 heteroatoms. The van der Waals surface area contributed by atoms with E-state index in [-0.39, 0.29) is 11.3 Å². The van der Waals surface area contributed by atoms with E-state index in [2.05, 4.69) is 31.7 Å². The molecule has 1 rings (SSSR count). The average molecular weight is 208 g/mol. The maximum absolute atomic E-state index is 9.06. The summed E-state index contributed by atoms with van der Waals surface area (Å²) in [6.45, 7) is 10.1. The van der Waals surface area contributed by atoms with Gasteiger partial charge in [0.15, 0.2) is 0 Å². The quantitative estimate of drug-likeness (QED) is 0.664. The van der Waals surface area contributed by atoms with Crippen LogP contribution in [0.15, 0.2) is 0 Å². The van der Waals surface area contributed by atoms with Gasteiger partial charge in [-0.15, -0.1) is 0 Å². The molecule has 0 N–H and O–H groups in total. The summed E-state index contributed by atoms with van der Waals surface area (Å²) >= 11 is 0. The molecule has 0 aliphatic carbocycles. The molecule has 15 heavy (non-hydrogen) atoms. The van der Waals surface area contributed by atoms with Gasteiger partial charge in [0.2, 0.25) is 0 Å². The lowest BCUT2D eigenvalue weighted by Crippen LogP contribution is -2.45. The lowest BCUT2D eigenvalue weighted by Gasteiger charge is -2.41. The van der Waals surface area contributed by atoms with Crippen molar-refractivity contribution in [2.45, 2.75) is 46.5 Å². The largest absolute Gasteiger partial charge is 0.303 e. The monoisotopic (exact) mass is 208 g/mol. The van der Waals surface area contributed by atoms with E-state index in [1.807, 2.05) is 0 Å². The van der Waals surface area contributed by atoms with Crippen LogP contribution < -0.4 is 0 Å². The number of hydrogen-bond donors (Lipinski definition) is 0. The zero-order valence-corrected chi connectivity index (χ0v) is 10.4. The van der Waals surface area contributed by atoms with E-state index in [4.69, 9.17) is 5.26 Å². The van der Waals surface area contributed by atoms with Crippen LogP contribution in [0.1, 0.15) is 46.5 Å². The summed E-state index contributed by atoms with van der Waals surface area (Å²) < 4.78 is 0. The Kier molecular flexibility index (Phi) is 4.60. The zero-order valence-electron chi connectivity index (χ0n) is 10.4. The van der Waals surface area contributed by atoms with Gasteiger partial charge in [0.1, 0.15) is 0 Å². The van der Waals surface area contributed by atoms with Gasteiger partial charge in [0, 0.05) is 6.54 Å². The first kappa shape index (κ1) is 12.5. The molecule has 1 unspecified atom stereocenters. The molecular formula is C13H24N2. The molecule has 0 saturated carbocycles. The SMILES string of the molecule is CCCCCN1CCC(C#N)C(C)(C)C1. The van der Waals surface area contributed by atoms with Crippen LogP contribution in [0, 0.1) is 22.7 Å². The molecule has 1 fully saturated rings. The molecule has 1 aliphatic heterocycles. The second-order valence-corrected chi connectivity index (χ2v) is 5.44. The van der Waals surface area contributed by atoms with E-state index >= 15 is 0 Å². The highest BCUT2D eigenvalue weighted by Gasteiger charge is 2.35. The van der Waals surface area contributed by atoms with Gasteiger partial charge in [0.25, 0.3) is 0 Å². The lowest BCUT2D eigenvalue weighted by molar-refractivity contribution is 0.0811. The number of piperidine rings is 1. The van der Waals surface area contributed by atoms with Gasteiger partial charge in [-0.25, -0.2) is 0 Å². The fraction of sp³-hybridized carbons (Fsp3) is 0.923. The number of hydrogen-bond acceptors (Lipinski definition) is 2. The summed E-state index contributed by atoms with van der Waals surface area (Å²) in [5.74, 6) is 0.250. The molecule has 1 saturated heterocycles. The van der Waals surface area contributed by atoms with Gasteiger partial charge in [0.05, 0.1) is 12.0 Å². The first-order valence-electron chi connectivity index (χ1n) is 6.22. The van der Waals surface area contributed by atoms with Crippen LogP contribution >= 0.6 is 0 Å². The van der Waals surface area contributed by atoms with Crippen molar-refractivity contribution in [2.24, 2.45) is 11.3 Å². The highest BCUT2D eigenvalue weighted by Crippen LogP contribution is 2.34. The Morgan fingerprint density at radius 2 is 2.13 bits per heavy atom. The molecule has 0 aromatic carbocycles. The van der Waals surface area contributed by atoms with Crippen LogP contribution in [0.2, 0.25) is 0 Å². The van der Waals surface area contributed by atoms with Crippen LogP contribution in [0.25, 0.3) is 0 Å². The fourth-order valence-corrected chi connectivity index (χ4v) is 2.48. The van der Waals surface area contributed by atoms with Crippen LogP contribution in [-0.2, 0) is 0 Å². The van der Waals surface area contributed by atoms with Crippen molar-refractivity contribution in [3.63, 3.8) is 0 Å². The predicted molar refractivity (Wildman–Crippen MR) is 63.5 cm³/mol. The molecule has 1 aliphatic rings. The Bertz CT molecular complexity index is 227. The molecule has 86 valence electrons. The topological polar surface area (TPSA) is 27.0 Å². The normalized spacial score (nSPS) is 26.1. The van der Waals surface area contributed by atoms with Crippen molar-refractivity contribution in [3.8, 4) is 6.07 Å². The van der Waals surface area contributed by atoms with E-state index in [9.17, 15) is 0 Å². The van der Waals surface area contributed by atoms with Crippen LogP contribution in [0.4, 0.5) is 0 Å². The standard InChI is InChI=1S/C13H24N2/c1-4-5-6-8-15-9-7-12(10-14)13(2,3)11-15/h12H,4-9,11H2,1-3H3. The van der Waals surface area contributed by atoms with E-state index in [0.29, 0.717) is 0 Å². The van der Waals surface area contributed by atoms with E-state index in [0.717, 1.165) is 19.5 Å². The third-order valence-electron chi connectivity index (χ3n) is 3.54. The Labute approximate surface area is 94.3 Å². The van der Waals surface area contributed by atoms with E-state index < -0.39 is 0 Å². The maximum atomic E-state index is 9.06. The minimum atomic E-state index is 0.180. The lowest BCUT2D eigenvalue weighted by atomic mass is 9.75. The molecule has 0 aromatic heterocycles. The molecule has 0 bridgehead atoms. The molecule has 0 aromatic rings. The molecule has 2 nitrogen and oxygen atoms in total. The highest BCUT2D eigenvalue weighted by molar-refractivity contribution is 4.98. The van der Waals surface area contributed by atoms with Crippen molar-refractivity contribution in [2.75, 3.05) is 19.6 Å². The minimum absolute atomic E-state index is 0.180. The summed E-state index contributed by atoms with van der Waals surface area (Å²) in [7, 11) is 0. The van der Waals surface area contributed by atoms with Crippen molar-refractivity contribution >= 4 is 0 Å². The van der Waals surface area contributed by atoms with Crippen LogP contribution in [0.3, 0.4) is 0 Å². The van der Waals surface area contributed by atoms with Crippen molar-refractivity contribution in [1.29, 1.82) is 5.26 Å².